The minimum atomic E-state index is -4.65. The van der Waals surface area contributed by atoms with Crippen LogP contribution in [0.25, 0.3) is 0 Å². The van der Waals surface area contributed by atoms with Gasteiger partial charge in [0.1, 0.15) is 12.4 Å². The summed E-state index contributed by atoms with van der Waals surface area (Å²) in [5.41, 5.74) is -1.74. The first-order valence-electron chi connectivity index (χ1n) is 5.34. The van der Waals surface area contributed by atoms with Crippen LogP contribution in [-0.2, 0) is 6.18 Å². The second-order valence-corrected chi connectivity index (χ2v) is 4.12. The maximum atomic E-state index is 12.6. The van der Waals surface area contributed by atoms with Crippen LogP contribution >= 0.6 is 0 Å². The fourth-order valence-corrected chi connectivity index (χ4v) is 1.28. The molecule has 0 bridgehead atoms. The standard InChI is InChI=1S/C11H13F3N2O3/c1-15(2)3-4-19-10-6-8(11(12,13)14)5-9(7-10)16(17)18/h5-7H,3-4H2,1-2H3. The van der Waals surface area contributed by atoms with Crippen LogP contribution in [0.5, 0.6) is 5.75 Å². The molecule has 0 aliphatic carbocycles. The highest BCUT2D eigenvalue weighted by Gasteiger charge is 2.33. The number of alkyl halides is 3. The highest BCUT2D eigenvalue weighted by atomic mass is 19.4. The van der Waals surface area contributed by atoms with Gasteiger partial charge in [-0.05, 0) is 20.2 Å². The maximum Gasteiger partial charge on any atom is 0.416 e. The Morgan fingerprint density at radius 3 is 2.42 bits per heavy atom. The lowest BCUT2D eigenvalue weighted by Crippen LogP contribution is -2.19. The number of likely N-dealkylation sites (N-methyl/N-ethyl adjacent to an activating group) is 1. The van der Waals surface area contributed by atoms with Gasteiger partial charge in [-0.1, -0.05) is 0 Å². The van der Waals surface area contributed by atoms with Crippen LogP contribution < -0.4 is 4.74 Å². The minimum absolute atomic E-state index is 0.144. The van der Waals surface area contributed by atoms with Crippen LogP contribution in [0.3, 0.4) is 0 Å². The largest absolute Gasteiger partial charge is 0.492 e. The van der Waals surface area contributed by atoms with Crippen molar-refractivity contribution in [3.8, 4) is 5.75 Å². The number of benzene rings is 1. The first-order chi connectivity index (χ1) is 8.70. The number of hydrogen-bond acceptors (Lipinski definition) is 4. The van der Waals surface area contributed by atoms with Crippen molar-refractivity contribution in [2.75, 3.05) is 27.2 Å². The first kappa shape index (κ1) is 15.2. The topological polar surface area (TPSA) is 55.6 Å². The minimum Gasteiger partial charge on any atom is -0.492 e. The lowest BCUT2D eigenvalue weighted by molar-refractivity contribution is -0.385. The molecule has 5 nitrogen and oxygen atoms in total. The van der Waals surface area contributed by atoms with E-state index in [4.69, 9.17) is 4.74 Å². The third-order valence-electron chi connectivity index (χ3n) is 2.24. The molecule has 0 atom stereocenters. The zero-order chi connectivity index (χ0) is 14.6. The number of ether oxygens (including phenoxy) is 1. The van der Waals surface area contributed by atoms with Gasteiger partial charge < -0.3 is 9.64 Å². The molecule has 19 heavy (non-hydrogen) atoms. The van der Waals surface area contributed by atoms with Crippen LogP contribution in [0.1, 0.15) is 5.56 Å². The molecule has 0 fully saturated rings. The summed E-state index contributed by atoms with van der Waals surface area (Å²) in [4.78, 5) is 11.5. The molecular formula is C11H13F3N2O3. The Balaban J connectivity index is 2.97. The van der Waals surface area contributed by atoms with Crippen molar-refractivity contribution in [3.63, 3.8) is 0 Å². The maximum absolute atomic E-state index is 12.6. The molecule has 1 aromatic rings. The van der Waals surface area contributed by atoms with E-state index in [1.165, 1.54) is 0 Å². The highest BCUT2D eigenvalue weighted by Crippen LogP contribution is 2.34. The Hall–Kier alpha value is -1.83. The van der Waals surface area contributed by atoms with E-state index in [9.17, 15) is 23.3 Å². The summed E-state index contributed by atoms with van der Waals surface area (Å²) in [6.45, 7) is 0.634. The zero-order valence-electron chi connectivity index (χ0n) is 10.4. The predicted molar refractivity (Wildman–Crippen MR) is 62.1 cm³/mol. The molecule has 0 aliphatic rings. The Morgan fingerprint density at radius 2 is 1.95 bits per heavy atom. The molecule has 0 heterocycles. The fourth-order valence-electron chi connectivity index (χ4n) is 1.28. The lowest BCUT2D eigenvalue weighted by Gasteiger charge is -2.12. The molecule has 0 saturated carbocycles. The molecule has 1 rings (SSSR count). The zero-order valence-corrected chi connectivity index (χ0v) is 10.4. The Labute approximate surface area is 107 Å². The van der Waals surface area contributed by atoms with Gasteiger partial charge in [-0.2, -0.15) is 13.2 Å². The van der Waals surface area contributed by atoms with Crippen LogP contribution in [-0.4, -0.2) is 37.1 Å². The third-order valence-corrected chi connectivity index (χ3v) is 2.24. The second kappa shape index (κ2) is 5.87. The van der Waals surface area contributed by atoms with E-state index in [-0.39, 0.29) is 12.4 Å². The van der Waals surface area contributed by atoms with Crippen LogP contribution in [0.15, 0.2) is 18.2 Å². The molecule has 0 aromatic heterocycles. The van der Waals surface area contributed by atoms with E-state index >= 15 is 0 Å². The Bertz CT molecular complexity index is 461. The number of nitro groups is 1. The normalized spacial score (nSPS) is 11.7. The molecule has 1 aromatic carbocycles. The fraction of sp³-hybridized carbons (Fsp3) is 0.455. The van der Waals surface area contributed by atoms with Crippen LogP contribution in [0, 0.1) is 10.1 Å². The number of hydrogen-bond donors (Lipinski definition) is 0. The number of nitrogens with zero attached hydrogens (tertiary/aromatic N) is 2. The summed E-state index contributed by atoms with van der Waals surface area (Å²) in [6, 6.07) is 2.21. The van der Waals surface area contributed by atoms with Gasteiger partial charge in [0.05, 0.1) is 16.6 Å². The molecule has 106 valence electrons. The summed E-state index contributed by atoms with van der Waals surface area (Å²) in [7, 11) is 3.55. The summed E-state index contributed by atoms with van der Waals surface area (Å²) >= 11 is 0. The molecule has 0 N–H and O–H groups in total. The number of non-ortho nitro benzene ring substituents is 1. The predicted octanol–water partition coefficient (Wildman–Crippen LogP) is 2.55. The van der Waals surface area contributed by atoms with E-state index in [2.05, 4.69) is 0 Å². The molecule has 0 unspecified atom stereocenters. The van der Waals surface area contributed by atoms with Gasteiger partial charge >= 0.3 is 6.18 Å². The summed E-state index contributed by atoms with van der Waals surface area (Å²) in [5, 5.41) is 10.6. The molecule has 8 heteroatoms. The molecule has 0 saturated heterocycles. The summed E-state index contributed by atoms with van der Waals surface area (Å²) < 4.78 is 42.8. The number of halogens is 3. The molecule has 0 spiro atoms. The van der Waals surface area contributed by atoms with Crippen molar-refractivity contribution in [2.24, 2.45) is 0 Å². The quantitative estimate of drug-likeness (QED) is 0.613. The van der Waals surface area contributed by atoms with Gasteiger partial charge in [0, 0.05) is 12.6 Å². The highest BCUT2D eigenvalue weighted by molar-refractivity contribution is 5.43. The Kier molecular flexibility index (Phi) is 4.71. The summed E-state index contributed by atoms with van der Waals surface area (Å²) in [5.74, 6) is -0.164. The van der Waals surface area contributed by atoms with E-state index in [0.29, 0.717) is 12.6 Å². The molecule has 0 aliphatic heterocycles. The lowest BCUT2D eigenvalue weighted by atomic mass is 10.2. The van der Waals surface area contributed by atoms with Crippen molar-refractivity contribution < 1.29 is 22.8 Å². The van der Waals surface area contributed by atoms with E-state index in [1.54, 1.807) is 19.0 Å². The molecule has 0 radical (unpaired) electrons. The van der Waals surface area contributed by atoms with Gasteiger partial charge in [-0.15, -0.1) is 0 Å². The smallest absolute Gasteiger partial charge is 0.416 e. The first-order valence-corrected chi connectivity index (χ1v) is 5.34. The molecular weight excluding hydrogens is 265 g/mol. The van der Waals surface area contributed by atoms with Gasteiger partial charge in [-0.25, -0.2) is 0 Å². The third kappa shape index (κ3) is 4.74. The van der Waals surface area contributed by atoms with Crippen LogP contribution in [0.4, 0.5) is 18.9 Å². The van der Waals surface area contributed by atoms with E-state index in [0.717, 1.165) is 12.1 Å². The van der Waals surface area contributed by atoms with Gasteiger partial charge in [0.15, 0.2) is 0 Å². The number of rotatable bonds is 5. The van der Waals surface area contributed by atoms with Crippen molar-refractivity contribution in [2.45, 2.75) is 6.18 Å². The Morgan fingerprint density at radius 1 is 1.32 bits per heavy atom. The van der Waals surface area contributed by atoms with Crippen molar-refractivity contribution in [1.82, 2.24) is 4.90 Å². The average molecular weight is 278 g/mol. The summed E-state index contributed by atoms with van der Waals surface area (Å²) in [6.07, 6.45) is -4.65. The van der Waals surface area contributed by atoms with Crippen LogP contribution in [0.2, 0.25) is 0 Å². The van der Waals surface area contributed by atoms with E-state index in [1.807, 2.05) is 0 Å². The monoisotopic (exact) mass is 278 g/mol. The van der Waals surface area contributed by atoms with E-state index < -0.39 is 22.4 Å². The molecule has 0 amide bonds. The number of nitro benzene ring substituents is 1. The van der Waals surface area contributed by atoms with Crippen molar-refractivity contribution in [1.29, 1.82) is 0 Å². The van der Waals surface area contributed by atoms with Gasteiger partial charge in [0.25, 0.3) is 5.69 Å². The van der Waals surface area contributed by atoms with Gasteiger partial charge in [-0.3, -0.25) is 10.1 Å². The van der Waals surface area contributed by atoms with Crippen molar-refractivity contribution in [3.05, 3.63) is 33.9 Å². The second-order valence-electron chi connectivity index (χ2n) is 4.12. The average Bonchev–Trinajstić information content (AvgIpc) is 2.26. The van der Waals surface area contributed by atoms with Crippen molar-refractivity contribution >= 4 is 5.69 Å². The SMILES string of the molecule is CN(C)CCOc1cc([N+](=O)[O-])cc(C(F)(F)F)c1. The van der Waals surface area contributed by atoms with Gasteiger partial charge in [0.2, 0.25) is 0 Å².